The predicted molar refractivity (Wildman–Crippen MR) is 73.3 cm³/mol. The molecule has 2 N–H and O–H groups in total. The molecular formula is C14H17F4N3O. The minimum atomic E-state index is -4.58. The van der Waals surface area contributed by atoms with Gasteiger partial charge in [-0.1, -0.05) is 0 Å². The molecule has 1 aromatic carbocycles. The van der Waals surface area contributed by atoms with E-state index >= 15 is 0 Å². The van der Waals surface area contributed by atoms with Crippen LogP contribution in [-0.4, -0.2) is 41.9 Å². The maximum atomic E-state index is 13.5. The van der Waals surface area contributed by atoms with Gasteiger partial charge in [-0.05, 0) is 17.7 Å². The predicted octanol–water partition coefficient (Wildman–Crippen LogP) is 2.09. The highest BCUT2D eigenvalue weighted by Gasteiger charge is 2.35. The summed E-state index contributed by atoms with van der Waals surface area (Å²) in [5, 5.41) is 0. The van der Waals surface area contributed by atoms with Crippen molar-refractivity contribution >= 4 is 11.6 Å². The Kier molecular flexibility index (Phi) is 4.60. The van der Waals surface area contributed by atoms with Crippen molar-refractivity contribution in [3.05, 3.63) is 29.1 Å². The van der Waals surface area contributed by atoms with Gasteiger partial charge in [0.2, 0.25) is 5.91 Å². The molecule has 4 nitrogen and oxygen atoms in total. The Morgan fingerprint density at radius 3 is 2.32 bits per heavy atom. The standard InChI is InChI=1S/C14H17F4N3O/c1-9(22)21-4-2-20(3-5-21)8-10-6-12(15)13(19)7-11(10)14(16,17)18/h6-7H,2-5,8,19H2,1H3. The molecule has 1 aliphatic heterocycles. The zero-order valence-electron chi connectivity index (χ0n) is 12.1. The molecule has 0 aromatic heterocycles. The van der Waals surface area contributed by atoms with Crippen LogP contribution in [0.5, 0.6) is 0 Å². The maximum Gasteiger partial charge on any atom is 0.416 e. The van der Waals surface area contributed by atoms with Crippen LogP contribution >= 0.6 is 0 Å². The van der Waals surface area contributed by atoms with Crippen molar-refractivity contribution in [2.24, 2.45) is 0 Å². The molecule has 1 amide bonds. The van der Waals surface area contributed by atoms with E-state index in [9.17, 15) is 22.4 Å². The van der Waals surface area contributed by atoms with Crippen LogP contribution in [0, 0.1) is 5.82 Å². The summed E-state index contributed by atoms with van der Waals surface area (Å²) in [7, 11) is 0. The van der Waals surface area contributed by atoms with Crippen LogP contribution in [0.1, 0.15) is 18.1 Å². The lowest BCUT2D eigenvalue weighted by Crippen LogP contribution is -2.47. The Balaban J connectivity index is 2.16. The molecule has 1 saturated heterocycles. The molecule has 0 bridgehead atoms. The second-order valence-corrected chi connectivity index (χ2v) is 5.31. The Labute approximate surface area is 125 Å². The molecular weight excluding hydrogens is 302 g/mol. The quantitative estimate of drug-likeness (QED) is 0.671. The average molecular weight is 319 g/mol. The van der Waals surface area contributed by atoms with Crippen LogP contribution in [-0.2, 0) is 17.5 Å². The lowest BCUT2D eigenvalue weighted by molar-refractivity contribution is -0.138. The molecule has 0 saturated carbocycles. The molecule has 1 fully saturated rings. The summed E-state index contributed by atoms with van der Waals surface area (Å²) in [6.45, 7) is 3.22. The van der Waals surface area contributed by atoms with Crippen LogP contribution in [0.4, 0.5) is 23.2 Å². The van der Waals surface area contributed by atoms with E-state index in [0.717, 1.165) is 6.07 Å². The monoisotopic (exact) mass is 319 g/mol. The fourth-order valence-corrected chi connectivity index (χ4v) is 2.49. The van der Waals surface area contributed by atoms with Crippen LogP contribution < -0.4 is 5.73 Å². The number of anilines is 1. The number of nitrogen functional groups attached to an aromatic ring is 1. The third kappa shape index (κ3) is 3.68. The van der Waals surface area contributed by atoms with Gasteiger partial charge in [-0.2, -0.15) is 13.2 Å². The largest absolute Gasteiger partial charge is 0.416 e. The molecule has 122 valence electrons. The third-order valence-electron chi connectivity index (χ3n) is 3.74. The van der Waals surface area contributed by atoms with Crippen molar-refractivity contribution in [3.8, 4) is 0 Å². The number of nitrogens with zero attached hydrogens (tertiary/aromatic N) is 2. The molecule has 22 heavy (non-hydrogen) atoms. The van der Waals surface area contributed by atoms with Crippen molar-refractivity contribution in [1.82, 2.24) is 9.80 Å². The number of carbonyl (C=O) groups excluding carboxylic acids is 1. The van der Waals surface area contributed by atoms with Gasteiger partial charge in [0.1, 0.15) is 5.82 Å². The number of carbonyl (C=O) groups is 1. The second-order valence-electron chi connectivity index (χ2n) is 5.31. The van der Waals surface area contributed by atoms with E-state index in [2.05, 4.69) is 0 Å². The molecule has 0 radical (unpaired) electrons. The number of benzene rings is 1. The number of rotatable bonds is 2. The van der Waals surface area contributed by atoms with Gasteiger partial charge < -0.3 is 10.6 Å². The average Bonchev–Trinajstić information content (AvgIpc) is 2.42. The van der Waals surface area contributed by atoms with Gasteiger partial charge in [-0.25, -0.2) is 4.39 Å². The lowest BCUT2D eigenvalue weighted by Gasteiger charge is -2.34. The fourth-order valence-electron chi connectivity index (χ4n) is 2.49. The summed E-state index contributed by atoms with van der Waals surface area (Å²) in [6.07, 6.45) is -4.58. The fraction of sp³-hybridized carbons (Fsp3) is 0.500. The molecule has 1 aromatic rings. The van der Waals surface area contributed by atoms with E-state index in [-0.39, 0.29) is 18.0 Å². The maximum absolute atomic E-state index is 13.5. The molecule has 0 aliphatic carbocycles. The summed E-state index contributed by atoms with van der Waals surface area (Å²) in [5.41, 5.74) is 3.66. The number of hydrogen-bond donors (Lipinski definition) is 1. The topological polar surface area (TPSA) is 49.6 Å². The van der Waals surface area contributed by atoms with Gasteiger partial charge in [0.25, 0.3) is 0 Å². The molecule has 0 spiro atoms. The van der Waals surface area contributed by atoms with Gasteiger partial charge in [0.05, 0.1) is 11.3 Å². The Bertz CT molecular complexity index is 566. The third-order valence-corrected chi connectivity index (χ3v) is 3.74. The first-order valence-corrected chi connectivity index (χ1v) is 6.81. The molecule has 0 unspecified atom stereocenters. The zero-order chi connectivity index (χ0) is 16.5. The summed E-state index contributed by atoms with van der Waals surface area (Å²) in [5.74, 6) is -0.917. The number of amides is 1. The van der Waals surface area contributed by atoms with Crippen molar-refractivity contribution in [2.75, 3.05) is 31.9 Å². The van der Waals surface area contributed by atoms with Crippen molar-refractivity contribution in [3.63, 3.8) is 0 Å². The highest BCUT2D eigenvalue weighted by atomic mass is 19.4. The number of piperazine rings is 1. The molecule has 0 atom stereocenters. The Hall–Kier alpha value is -1.83. The van der Waals surface area contributed by atoms with Gasteiger partial charge in [0, 0.05) is 39.6 Å². The second kappa shape index (κ2) is 6.12. The van der Waals surface area contributed by atoms with E-state index in [0.29, 0.717) is 32.2 Å². The first-order valence-electron chi connectivity index (χ1n) is 6.81. The first kappa shape index (κ1) is 16.5. The first-order chi connectivity index (χ1) is 10.2. The van der Waals surface area contributed by atoms with Crippen molar-refractivity contribution < 1.29 is 22.4 Å². The molecule has 1 aliphatic rings. The van der Waals surface area contributed by atoms with Crippen LogP contribution in [0.25, 0.3) is 0 Å². The minimum absolute atomic E-state index is 0.0300. The Morgan fingerprint density at radius 2 is 1.82 bits per heavy atom. The van der Waals surface area contributed by atoms with E-state index < -0.39 is 23.2 Å². The SMILES string of the molecule is CC(=O)N1CCN(Cc2cc(F)c(N)cc2C(F)(F)F)CC1. The normalized spacial score (nSPS) is 16.9. The van der Waals surface area contributed by atoms with Gasteiger partial charge in [-0.15, -0.1) is 0 Å². The zero-order valence-corrected chi connectivity index (χ0v) is 12.1. The lowest BCUT2D eigenvalue weighted by atomic mass is 10.0. The summed E-state index contributed by atoms with van der Waals surface area (Å²) < 4.78 is 52.6. The number of hydrogen-bond acceptors (Lipinski definition) is 3. The van der Waals surface area contributed by atoms with Gasteiger partial charge >= 0.3 is 6.18 Å². The number of nitrogens with two attached hydrogens (primary N) is 1. The van der Waals surface area contributed by atoms with Crippen molar-refractivity contribution in [1.29, 1.82) is 0 Å². The van der Waals surface area contributed by atoms with Crippen LogP contribution in [0.2, 0.25) is 0 Å². The smallest absolute Gasteiger partial charge is 0.396 e. The van der Waals surface area contributed by atoms with E-state index in [1.807, 2.05) is 0 Å². The van der Waals surface area contributed by atoms with Gasteiger partial charge in [0.15, 0.2) is 0 Å². The van der Waals surface area contributed by atoms with Crippen molar-refractivity contribution in [2.45, 2.75) is 19.6 Å². The molecule has 8 heteroatoms. The van der Waals surface area contributed by atoms with E-state index in [4.69, 9.17) is 5.73 Å². The van der Waals surface area contributed by atoms with Crippen LogP contribution in [0.15, 0.2) is 12.1 Å². The molecule has 1 heterocycles. The number of halogens is 4. The Morgan fingerprint density at radius 1 is 1.23 bits per heavy atom. The minimum Gasteiger partial charge on any atom is -0.396 e. The van der Waals surface area contributed by atoms with E-state index in [1.54, 1.807) is 9.80 Å². The number of alkyl halides is 3. The highest BCUT2D eigenvalue weighted by molar-refractivity contribution is 5.73. The molecule has 2 rings (SSSR count). The summed E-state index contributed by atoms with van der Waals surface area (Å²) >= 11 is 0. The summed E-state index contributed by atoms with van der Waals surface area (Å²) in [4.78, 5) is 14.6. The summed E-state index contributed by atoms with van der Waals surface area (Å²) in [6, 6.07) is 1.48. The van der Waals surface area contributed by atoms with Gasteiger partial charge in [-0.3, -0.25) is 9.69 Å². The highest BCUT2D eigenvalue weighted by Crippen LogP contribution is 2.35. The van der Waals surface area contributed by atoms with Crippen LogP contribution in [0.3, 0.4) is 0 Å². The van der Waals surface area contributed by atoms with E-state index in [1.165, 1.54) is 6.92 Å².